The zero-order chi connectivity index (χ0) is 30.2. The number of piperidine rings is 1. The largest absolute Gasteiger partial charge is 0.508 e. The van der Waals surface area contributed by atoms with Gasteiger partial charge in [0.2, 0.25) is 5.78 Å². The predicted molar refractivity (Wildman–Crippen MR) is 140 cm³/mol. The van der Waals surface area contributed by atoms with Crippen LogP contribution in [0, 0.1) is 17.8 Å². The highest BCUT2D eigenvalue weighted by Gasteiger charge is 2.64. The first-order valence-corrected chi connectivity index (χ1v) is 13.6. The van der Waals surface area contributed by atoms with Gasteiger partial charge in [-0.25, -0.2) is 0 Å². The first-order chi connectivity index (χ1) is 19.1. The van der Waals surface area contributed by atoms with Gasteiger partial charge in [-0.15, -0.1) is 0 Å². The number of halogens is 3. The molecule has 0 radical (unpaired) electrons. The Hall–Kier alpha value is -3.22. The van der Waals surface area contributed by atoms with Crippen LogP contribution in [-0.2, 0) is 27.3 Å². The second kappa shape index (κ2) is 9.95. The lowest BCUT2D eigenvalue weighted by Crippen LogP contribution is -2.65. The molecule has 2 fully saturated rings. The van der Waals surface area contributed by atoms with Crippen LogP contribution in [0.4, 0.5) is 13.2 Å². The number of hydrogen-bond acceptors (Lipinski definition) is 9. The molecule has 1 heterocycles. The van der Waals surface area contributed by atoms with E-state index in [4.69, 9.17) is 0 Å². The van der Waals surface area contributed by atoms with E-state index in [0.717, 1.165) is 6.92 Å². The van der Waals surface area contributed by atoms with Gasteiger partial charge in [0.25, 0.3) is 0 Å². The summed E-state index contributed by atoms with van der Waals surface area (Å²) in [6.07, 6.45) is -4.16. The number of aliphatic hydroxyl groups is 3. The average molecular weight is 579 g/mol. The third-order valence-electron chi connectivity index (χ3n) is 9.25. The number of aromatic hydroxyl groups is 1. The molecule has 1 aromatic rings. The number of phenolic OH excluding ortho intramolecular Hbond substituents is 1. The number of likely N-dealkylation sites (tertiary alicyclic amines) is 1. The number of aliphatic hydroxyl groups excluding tert-OH is 2. The van der Waals surface area contributed by atoms with Crippen LogP contribution in [0.2, 0.25) is 0 Å². The van der Waals surface area contributed by atoms with Crippen molar-refractivity contribution in [1.82, 2.24) is 9.80 Å². The van der Waals surface area contributed by atoms with Gasteiger partial charge in [-0.1, -0.05) is 6.07 Å². The lowest BCUT2D eigenvalue weighted by atomic mass is 9.57. The van der Waals surface area contributed by atoms with E-state index in [0.29, 0.717) is 11.1 Å². The molecule has 0 spiro atoms. The predicted octanol–water partition coefficient (Wildman–Crippen LogP) is 2.84. The van der Waals surface area contributed by atoms with E-state index in [2.05, 4.69) is 0 Å². The van der Waals surface area contributed by atoms with Crippen molar-refractivity contribution >= 4 is 23.1 Å². The minimum atomic E-state index is -4.24. The first kappa shape index (κ1) is 29.3. The van der Waals surface area contributed by atoms with E-state index in [9.17, 15) is 48.0 Å². The summed E-state index contributed by atoms with van der Waals surface area (Å²) >= 11 is 0. The molecule has 3 aliphatic carbocycles. The first-order valence-electron chi connectivity index (χ1n) is 13.6. The van der Waals surface area contributed by atoms with Gasteiger partial charge in [0, 0.05) is 18.0 Å². The Kier molecular flexibility index (Phi) is 7.11. The Labute approximate surface area is 234 Å². The highest BCUT2D eigenvalue weighted by Crippen LogP contribution is 2.53. The van der Waals surface area contributed by atoms with Crippen LogP contribution in [-0.4, -0.2) is 92.6 Å². The van der Waals surface area contributed by atoms with Crippen molar-refractivity contribution in [2.45, 2.75) is 57.0 Å². The van der Waals surface area contributed by atoms with Gasteiger partial charge in [-0.2, -0.15) is 13.2 Å². The zero-order valence-corrected chi connectivity index (χ0v) is 23.0. The normalized spacial score (nSPS) is 29.5. The van der Waals surface area contributed by atoms with Crippen molar-refractivity contribution in [3.8, 4) is 5.75 Å². The summed E-state index contributed by atoms with van der Waals surface area (Å²) in [5.41, 5.74) is -2.33. The van der Waals surface area contributed by atoms with Crippen LogP contribution in [0.1, 0.15) is 42.9 Å². The Morgan fingerprint density at radius 1 is 1.12 bits per heavy atom. The summed E-state index contributed by atoms with van der Waals surface area (Å²) in [6.45, 7) is 1.77. The molecule has 1 saturated heterocycles. The van der Waals surface area contributed by atoms with Gasteiger partial charge in [0.1, 0.15) is 22.8 Å². The monoisotopic (exact) mass is 578 g/mol. The molecule has 1 saturated carbocycles. The number of hydrogen-bond donors (Lipinski definition) is 4. The van der Waals surface area contributed by atoms with Gasteiger partial charge in [0.15, 0.2) is 17.2 Å². The van der Waals surface area contributed by atoms with E-state index in [-0.39, 0.29) is 62.2 Å². The van der Waals surface area contributed by atoms with Crippen molar-refractivity contribution in [3.63, 3.8) is 0 Å². The number of ketones is 3. The van der Waals surface area contributed by atoms with Crippen molar-refractivity contribution in [2.75, 3.05) is 27.2 Å². The fourth-order valence-corrected chi connectivity index (χ4v) is 7.22. The number of carbonyl (C=O) groups excluding carboxylic acids is 3. The van der Waals surface area contributed by atoms with Crippen LogP contribution in [0.15, 0.2) is 29.0 Å². The Morgan fingerprint density at radius 3 is 2.32 bits per heavy atom. The highest BCUT2D eigenvalue weighted by molar-refractivity contribution is 6.25. The minimum absolute atomic E-state index is 0.00300. The van der Waals surface area contributed by atoms with Gasteiger partial charge < -0.3 is 20.4 Å². The number of likely N-dealkylation sites (N-methyl/N-ethyl adjacent to an activating group) is 1. The van der Waals surface area contributed by atoms with Crippen molar-refractivity contribution in [2.24, 2.45) is 17.8 Å². The molecular formula is C29H33F3N2O7. The Balaban J connectivity index is 1.55. The highest BCUT2D eigenvalue weighted by atomic mass is 19.4. The summed E-state index contributed by atoms with van der Waals surface area (Å²) in [4.78, 5) is 42.9. The third kappa shape index (κ3) is 4.47. The summed E-state index contributed by atoms with van der Waals surface area (Å²) < 4.78 is 39.4. The molecule has 4 atom stereocenters. The molecule has 5 rings (SSSR count). The molecule has 1 aliphatic heterocycles. The number of nitrogens with zero attached hydrogens (tertiary/aromatic N) is 2. The SMILES string of the molecule is CC(=O)C1=C(O)[C@@]2(O)C(=O)C3=C(O)c4c(O)ccc(CN5CCC(C(F)(F)F)CC5)c4C[C@H]3C[C@H]2[C@H](N(C)C)C1=O. The number of rotatable bonds is 4. The second-order valence-corrected chi connectivity index (χ2v) is 11.8. The quantitative estimate of drug-likeness (QED) is 0.398. The summed E-state index contributed by atoms with van der Waals surface area (Å²) in [5.74, 6) is -7.68. The van der Waals surface area contributed by atoms with Crippen molar-refractivity contribution in [3.05, 3.63) is 45.7 Å². The van der Waals surface area contributed by atoms with E-state index in [1.54, 1.807) is 20.2 Å². The van der Waals surface area contributed by atoms with Crippen molar-refractivity contribution < 1.29 is 48.0 Å². The fraction of sp³-hybridized carbons (Fsp3) is 0.552. The third-order valence-corrected chi connectivity index (χ3v) is 9.25. The lowest BCUT2D eigenvalue weighted by molar-refractivity contribution is -0.185. The van der Waals surface area contributed by atoms with Crippen LogP contribution < -0.4 is 0 Å². The molecule has 0 unspecified atom stereocenters. The molecular weight excluding hydrogens is 545 g/mol. The smallest absolute Gasteiger partial charge is 0.391 e. The van der Waals surface area contributed by atoms with Crippen molar-refractivity contribution in [1.29, 1.82) is 0 Å². The topological polar surface area (TPSA) is 139 Å². The van der Waals surface area contributed by atoms with Crippen LogP contribution in [0.25, 0.3) is 5.76 Å². The summed E-state index contributed by atoms with van der Waals surface area (Å²) in [6, 6.07) is 1.87. The minimum Gasteiger partial charge on any atom is -0.508 e. The van der Waals surface area contributed by atoms with Crippen LogP contribution in [0.3, 0.4) is 0 Å². The number of fused-ring (bicyclic) bond motifs is 3. The van der Waals surface area contributed by atoms with E-state index < -0.39 is 70.0 Å². The molecule has 9 nitrogen and oxygen atoms in total. The Morgan fingerprint density at radius 2 is 1.76 bits per heavy atom. The molecule has 222 valence electrons. The molecule has 12 heteroatoms. The van der Waals surface area contributed by atoms with Crippen LogP contribution >= 0.6 is 0 Å². The number of carbonyl (C=O) groups is 3. The van der Waals surface area contributed by atoms with Gasteiger partial charge in [-0.05, 0) is 82.9 Å². The maximum atomic E-state index is 13.9. The molecule has 41 heavy (non-hydrogen) atoms. The zero-order valence-electron chi connectivity index (χ0n) is 23.0. The van der Waals surface area contributed by atoms with Gasteiger partial charge in [-0.3, -0.25) is 24.2 Å². The van der Waals surface area contributed by atoms with E-state index in [1.807, 2.05) is 4.90 Å². The standard InChI is InChI=1S/C29H33F3N2O7/c1-13(35)20-25(38)23(33(2)3)18-11-15-10-17-14(12-34-8-6-16(7-9-34)29(30,31)32)4-5-19(36)22(17)24(37)21(15)27(40)28(18,41)26(20)39/h4-5,15-16,18,23,36-37,39,41H,6-12H2,1-3H3/t15-,18-,23-,28+/m0/s1. The molecule has 4 aliphatic rings. The number of alkyl halides is 3. The van der Waals surface area contributed by atoms with E-state index >= 15 is 0 Å². The Bertz CT molecular complexity index is 1390. The molecule has 4 N–H and O–H groups in total. The number of phenols is 1. The second-order valence-electron chi connectivity index (χ2n) is 11.8. The fourth-order valence-electron chi connectivity index (χ4n) is 7.22. The average Bonchev–Trinajstić information content (AvgIpc) is 2.87. The molecule has 1 aromatic carbocycles. The molecule has 0 aromatic heterocycles. The van der Waals surface area contributed by atoms with Crippen LogP contribution in [0.5, 0.6) is 5.75 Å². The number of benzene rings is 1. The number of Topliss-reactive ketones (excluding diaryl/α,β-unsaturated/α-hetero) is 3. The lowest BCUT2D eigenvalue weighted by Gasteiger charge is -2.50. The summed E-state index contributed by atoms with van der Waals surface area (Å²) in [5, 5.41) is 44.8. The van der Waals surface area contributed by atoms with Gasteiger partial charge >= 0.3 is 6.18 Å². The maximum Gasteiger partial charge on any atom is 0.391 e. The van der Waals surface area contributed by atoms with Gasteiger partial charge in [0.05, 0.1) is 17.5 Å². The van der Waals surface area contributed by atoms with E-state index in [1.165, 1.54) is 11.0 Å². The maximum absolute atomic E-state index is 13.9. The summed E-state index contributed by atoms with van der Waals surface area (Å²) in [7, 11) is 3.12. The molecule has 0 bridgehead atoms. The molecule has 0 amide bonds.